The zero-order valence-corrected chi connectivity index (χ0v) is 10.0. The maximum atomic E-state index is 9.43. The van der Waals surface area contributed by atoms with E-state index in [1.54, 1.807) is 12.1 Å². The van der Waals surface area contributed by atoms with E-state index in [1.165, 1.54) is 6.07 Å². The molecule has 2 nitrogen and oxygen atoms in total. The zero-order chi connectivity index (χ0) is 9.84. The highest BCUT2D eigenvalue weighted by molar-refractivity contribution is 9.24. The third-order valence-corrected chi connectivity index (χ3v) is 2.65. The van der Waals surface area contributed by atoms with Crippen molar-refractivity contribution in [2.45, 2.75) is 16.6 Å². The molecule has 0 aliphatic heterocycles. The van der Waals surface area contributed by atoms with Crippen molar-refractivity contribution in [3.63, 3.8) is 0 Å². The standard InChI is InChI=1S/C9H10Br2O2/c10-8(11)5-4-6-2-1-3-7(12)9(6)13/h1-3,8,12-13H,4-5H2. The number of halogens is 2. The van der Waals surface area contributed by atoms with Gasteiger partial charge in [0.25, 0.3) is 0 Å². The summed E-state index contributed by atoms with van der Waals surface area (Å²) in [6.07, 6.45) is 1.58. The Bertz CT molecular complexity index is 287. The molecule has 13 heavy (non-hydrogen) atoms. The fraction of sp³-hybridized carbons (Fsp3) is 0.333. The highest BCUT2D eigenvalue weighted by atomic mass is 79.9. The normalized spacial score (nSPS) is 10.7. The first-order chi connectivity index (χ1) is 6.11. The fourth-order valence-corrected chi connectivity index (χ4v) is 1.50. The van der Waals surface area contributed by atoms with Gasteiger partial charge in [-0.15, -0.1) is 0 Å². The van der Waals surface area contributed by atoms with Gasteiger partial charge in [0.2, 0.25) is 0 Å². The molecule has 72 valence electrons. The Morgan fingerprint density at radius 2 is 1.92 bits per heavy atom. The van der Waals surface area contributed by atoms with Crippen LogP contribution in [0.4, 0.5) is 0 Å². The van der Waals surface area contributed by atoms with Gasteiger partial charge in [-0.05, 0) is 24.5 Å². The Morgan fingerprint density at radius 3 is 2.54 bits per heavy atom. The number of benzene rings is 1. The topological polar surface area (TPSA) is 40.5 Å². The number of hydrogen-bond donors (Lipinski definition) is 2. The highest BCUT2D eigenvalue weighted by Crippen LogP contribution is 2.30. The predicted octanol–water partition coefficient (Wildman–Crippen LogP) is 3.15. The molecule has 1 aromatic carbocycles. The van der Waals surface area contributed by atoms with Gasteiger partial charge in [-0.2, -0.15) is 0 Å². The average Bonchev–Trinajstić information content (AvgIpc) is 2.07. The molecular formula is C9H10Br2O2. The van der Waals surface area contributed by atoms with E-state index in [0.29, 0.717) is 0 Å². The van der Waals surface area contributed by atoms with Crippen LogP contribution in [-0.2, 0) is 6.42 Å². The maximum absolute atomic E-state index is 9.43. The van der Waals surface area contributed by atoms with Crippen molar-refractivity contribution in [3.05, 3.63) is 23.8 Å². The molecule has 0 atom stereocenters. The quantitative estimate of drug-likeness (QED) is 0.665. The van der Waals surface area contributed by atoms with Crippen molar-refractivity contribution >= 4 is 31.9 Å². The summed E-state index contributed by atoms with van der Waals surface area (Å²) in [5.74, 6) is -0.0682. The minimum Gasteiger partial charge on any atom is -0.504 e. The van der Waals surface area contributed by atoms with Crippen LogP contribution in [0.25, 0.3) is 0 Å². The molecule has 0 saturated heterocycles. The highest BCUT2D eigenvalue weighted by Gasteiger charge is 2.06. The van der Waals surface area contributed by atoms with Crippen molar-refractivity contribution in [2.75, 3.05) is 0 Å². The summed E-state index contributed by atoms with van der Waals surface area (Å²) in [7, 11) is 0. The Kier molecular flexibility index (Phi) is 4.06. The van der Waals surface area contributed by atoms with Crippen LogP contribution in [0.3, 0.4) is 0 Å². The van der Waals surface area contributed by atoms with Crippen LogP contribution in [0.5, 0.6) is 11.5 Å². The maximum Gasteiger partial charge on any atom is 0.160 e. The van der Waals surface area contributed by atoms with Crippen molar-refractivity contribution in [2.24, 2.45) is 0 Å². The lowest BCUT2D eigenvalue weighted by atomic mass is 10.1. The molecule has 0 radical (unpaired) electrons. The summed E-state index contributed by atoms with van der Waals surface area (Å²) in [5.41, 5.74) is 0.768. The Balaban J connectivity index is 2.71. The molecule has 0 fully saturated rings. The first kappa shape index (κ1) is 10.9. The molecule has 0 aromatic heterocycles. The van der Waals surface area contributed by atoms with Gasteiger partial charge in [-0.1, -0.05) is 44.0 Å². The van der Waals surface area contributed by atoms with Crippen LogP contribution in [0.15, 0.2) is 18.2 Å². The summed E-state index contributed by atoms with van der Waals surface area (Å²) >= 11 is 6.69. The molecule has 0 saturated carbocycles. The third kappa shape index (κ3) is 3.19. The number of phenolic OH excluding ortho intramolecular Hbond substituents is 2. The molecule has 0 amide bonds. The van der Waals surface area contributed by atoms with Crippen molar-refractivity contribution in [1.29, 1.82) is 0 Å². The second-order valence-corrected chi connectivity index (χ2v) is 6.15. The number of para-hydroxylation sites is 1. The summed E-state index contributed by atoms with van der Waals surface area (Å²) in [5, 5.41) is 18.6. The van der Waals surface area contributed by atoms with E-state index in [0.717, 1.165) is 18.4 Å². The molecule has 1 rings (SSSR count). The number of hydrogen-bond acceptors (Lipinski definition) is 2. The van der Waals surface area contributed by atoms with Crippen LogP contribution < -0.4 is 0 Å². The molecule has 0 bridgehead atoms. The number of alkyl halides is 2. The lowest BCUT2D eigenvalue weighted by Gasteiger charge is -2.06. The lowest BCUT2D eigenvalue weighted by Crippen LogP contribution is -1.91. The van der Waals surface area contributed by atoms with Crippen LogP contribution in [0.2, 0.25) is 0 Å². The Hall–Kier alpha value is -0.220. The number of rotatable bonds is 3. The summed E-state index contributed by atoms with van der Waals surface area (Å²) in [4.78, 5) is 0. The van der Waals surface area contributed by atoms with Gasteiger partial charge < -0.3 is 10.2 Å². The SMILES string of the molecule is Oc1cccc(CCC(Br)Br)c1O. The third-order valence-electron chi connectivity index (χ3n) is 1.73. The molecule has 4 heteroatoms. The van der Waals surface area contributed by atoms with Crippen LogP contribution in [-0.4, -0.2) is 13.9 Å². The second-order valence-electron chi connectivity index (χ2n) is 2.71. The second kappa shape index (κ2) is 4.86. The minimum absolute atomic E-state index is 0.0110. The molecule has 0 aliphatic carbocycles. The van der Waals surface area contributed by atoms with Gasteiger partial charge in [-0.25, -0.2) is 0 Å². The summed E-state index contributed by atoms with van der Waals surface area (Å²) in [6.45, 7) is 0. The molecule has 1 aromatic rings. The molecule has 0 aliphatic rings. The average molecular weight is 310 g/mol. The van der Waals surface area contributed by atoms with E-state index >= 15 is 0 Å². The van der Waals surface area contributed by atoms with Gasteiger partial charge in [0.1, 0.15) is 0 Å². The molecule has 2 N–H and O–H groups in total. The van der Waals surface area contributed by atoms with E-state index in [2.05, 4.69) is 31.9 Å². The van der Waals surface area contributed by atoms with Crippen molar-refractivity contribution in [1.82, 2.24) is 0 Å². The first-order valence-electron chi connectivity index (χ1n) is 3.89. The van der Waals surface area contributed by atoms with Gasteiger partial charge >= 0.3 is 0 Å². The lowest BCUT2D eigenvalue weighted by molar-refractivity contribution is 0.399. The largest absolute Gasteiger partial charge is 0.504 e. The summed E-state index contributed by atoms with van der Waals surface area (Å²) < 4.78 is 0.238. The smallest absolute Gasteiger partial charge is 0.160 e. The first-order valence-corrected chi connectivity index (χ1v) is 5.72. The van der Waals surface area contributed by atoms with Gasteiger partial charge in [0.15, 0.2) is 11.5 Å². The van der Waals surface area contributed by atoms with E-state index in [9.17, 15) is 10.2 Å². The molecule has 0 heterocycles. The monoisotopic (exact) mass is 308 g/mol. The predicted molar refractivity (Wildman–Crippen MR) is 59.7 cm³/mol. The van der Waals surface area contributed by atoms with Gasteiger partial charge in [0.05, 0.1) is 3.74 Å². The summed E-state index contributed by atoms with van der Waals surface area (Å²) in [6, 6.07) is 5.00. The van der Waals surface area contributed by atoms with Gasteiger partial charge in [0, 0.05) is 0 Å². The molecule has 0 unspecified atom stereocenters. The Labute approximate surface area is 93.8 Å². The molecular weight excluding hydrogens is 300 g/mol. The minimum atomic E-state index is -0.0572. The fourth-order valence-electron chi connectivity index (χ4n) is 1.04. The van der Waals surface area contributed by atoms with Crippen LogP contribution >= 0.6 is 31.9 Å². The van der Waals surface area contributed by atoms with E-state index in [1.807, 2.05) is 0 Å². The number of aromatic hydroxyl groups is 2. The number of phenols is 2. The zero-order valence-electron chi connectivity index (χ0n) is 6.87. The van der Waals surface area contributed by atoms with Crippen molar-refractivity contribution < 1.29 is 10.2 Å². The van der Waals surface area contributed by atoms with E-state index in [-0.39, 0.29) is 15.2 Å². The molecule has 0 spiro atoms. The van der Waals surface area contributed by atoms with E-state index < -0.39 is 0 Å². The number of aryl methyl sites for hydroxylation is 1. The Morgan fingerprint density at radius 1 is 1.23 bits per heavy atom. The van der Waals surface area contributed by atoms with Crippen LogP contribution in [0.1, 0.15) is 12.0 Å². The van der Waals surface area contributed by atoms with Crippen LogP contribution in [0, 0.1) is 0 Å². The van der Waals surface area contributed by atoms with E-state index in [4.69, 9.17) is 0 Å². The van der Waals surface area contributed by atoms with Gasteiger partial charge in [-0.3, -0.25) is 0 Å². The van der Waals surface area contributed by atoms with Crippen molar-refractivity contribution in [3.8, 4) is 11.5 Å².